The molecule has 2 aromatic carbocycles. The maximum absolute atomic E-state index is 13.4. The molecular weight excluding hydrogens is 493 g/mol. The number of ether oxygens (including phenoxy) is 2. The van der Waals surface area contributed by atoms with Crippen LogP contribution in [0.4, 0.5) is 15.9 Å². The molecule has 0 spiro atoms. The van der Waals surface area contributed by atoms with E-state index in [0.29, 0.717) is 52.2 Å². The number of nitrogens with one attached hydrogen (secondary N) is 2. The number of aromatic nitrogens is 3. The molecule has 0 aliphatic rings. The van der Waals surface area contributed by atoms with Crippen LogP contribution in [0.5, 0.6) is 5.75 Å². The first-order valence-electron chi connectivity index (χ1n) is 11.5. The molecule has 0 radical (unpaired) electrons. The molecule has 2 aromatic heterocycles. The largest absolute Gasteiger partial charge is 0.487 e. The maximum atomic E-state index is 13.4. The molecule has 4 rings (SSSR count). The van der Waals surface area contributed by atoms with E-state index in [1.807, 2.05) is 24.3 Å². The minimum atomic E-state index is -0.311. The van der Waals surface area contributed by atoms with Crippen molar-refractivity contribution in [3.05, 3.63) is 107 Å². The monoisotopic (exact) mass is 517 g/mol. The lowest BCUT2D eigenvalue weighted by molar-refractivity contribution is 0.199. The molecule has 0 fully saturated rings. The van der Waals surface area contributed by atoms with Gasteiger partial charge in [-0.05, 0) is 53.9 Å². The van der Waals surface area contributed by atoms with Crippen molar-refractivity contribution in [2.24, 2.45) is 0 Å². The van der Waals surface area contributed by atoms with E-state index in [-0.39, 0.29) is 12.4 Å². The standard InChI is InChI=1S/C28H25ClFN5O2/c1-36-13-12-31-17-25-7-3-6-23(34-25)9-8-21-16-32-19-33-28(21)35-24-10-11-27(26(29)15-24)37-18-20-4-2-5-22(30)14-20/h2-7,10-11,14-16,19,31H,12-13,17-18H2,1H3,(H,32,33,35). The number of pyridine rings is 1. The number of halogens is 2. The van der Waals surface area contributed by atoms with E-state index in [4.69, 9.17) is 21.1 Å². The number of rotatable bonds is 10. The molecule has 9 heteroatoms. The molecule has 0 aliphatic carbocycles. The number of methoxy groups -OCH3 is 1. The third-order valence-corrected chi connectivity index (χ3v) is 5.41. The predicted molar refractivity (Wildman–Crippen MR) is 141 cm³/mol. The minimum Gasteiger partial charge on any atom is -0.487 e. The molecule has 0 saturated heterocycles. The first-order valence-corrected chi connectivity index (χ1v) is 11.9. The van der Waals surface area contributed by atoms with Crippen molar-refractivity contribution in [1.29, 1.82) is 0 Å². The van der Waals surface area contributed by atoms with Crippen molar-refractivity contribution in [3.8, 4) is 17.6 Å². The molecule has 188 valence electrons. The van der Waals surface area contributed by atoms with Crippen LogP contribution in [0.15, 0.2) is 73.2 Å². The molecule has 0 saturated carbocycles. The first kappa shape index (κ1) is 26.0. The predicted octanol–water partition coefficient (Wildman–Crippen LogP) is 5.12. The topological polar surface area (TPSA) is 81.2 Å². The second-order valence-corrected chi connectivity index (χ2v) is 8.31. The quantitative estimate of drug-likeness (QED) is 0.223. The van der Waals surface area contributed by atoms with Gasteiger partial charge in [0, 0.05) is 32.1 Å². The van der Waals surface area contributed by atoms with Gasteiger partial charge in [0.15, 0.2) is 0 Å². The number of nitrogens with zero attached hydrogens (tertiary/aromatic N) is 3. The van der Waals surface area contributed by atoms with Crippen LogP contribution in [0, 0.1) is 17.7 Å². The Labute approximate surface area is 220 Å². The van der Waals surface area contributed by atoms with Crippen LogP contribution in [0.2, 0.25) is 5.02 Å². The number of anilines is 2. The van der Waals surface area contributed by atoms with E-state index < -0.39 is 0 Å². The third-order valence-electron chi connectivity index (χ3n) is 5.11. The van der Waals surface area contributed by atoms with E-state index in [9.17, 15) is 4.39 Å². The number of hydrogen-bond donors (Lipinski definition) is 2. The van der Waals surface area contributed by atoms with Crippen molar-refractivity contribution in [2.45, 2.75) is 13.2 Å². The smallest absolute Gasteiger partial charge is 0.149 e. The van der Waals surface area contributed by atoms with Crippen LogP contribution in [0.25, 0.3) is 0 Å². The molecule has 7 nitrogen and oxygen atoms in total. The second-order valence-electron chi connectivity index (χ2n) is 7.91. The highest BCUT2D eigenvalue weighted by Gasteiger charge is 2.07. The Bertz CT molecular complexity index is 1410. The molecular formula is C28H25ClFN5O2. The van der Waals surface area contributed by atoms with Gasteiger partial charge in [0.05, 0.1) is 22.9 Å². The number of benzene rings is 2. The van der Waals surface area contributed by atoms with Crippen LogP contribution in [-0.2, 0) is 17.9 Å². The average molecular weight is 518 g/mol. The summed E-state index contributed by atoms with van der Waals surface area (Å²) in [4.78, 5) is 13.0. The molecule has 2 N–H and O–H groups in total. The summed E-state index contributed by atoms with van der Waals surface area (Å²) in [6, 6.07) is 17.2. The highest BCUT2D eigenvalue weighted by molar-refractivity contribution is 6.32. The fourth-order valence-corrected chi connectivity index (χ4v) is 3.55. The summed E-state index contributed by atoms with van der Waals surface area (Å²) in [7, 11) is 1.67. The average Bonchev–Trinajstić information content (AvgIpc) is 2.90. The van der Waals surface area contributed by atoms with Gasteiger partial charge >= 0.3 is 0 Å². The Morgan fingerprint density at radius 1 is 1.05 bits per heavy atom. The SMILES string of the molecule is COCCNCc1cccc(C#Cc2cncnc2Nc2ccc(OCc3cccc(F)c3)c(Cl)c2)n1. The van der Waals surface area contributed by atoms with Gasteiger partial charge in [-0.25, -0.2) is 19.3 Å². The van der Waals surface area contributed by atoms with Crippen LogP contribution in [-0.4, -0.2) is 35.2 Å². The van der Waals surface area contributed by atoms with Gasteiger partial charge in [0.1, 0.15) is 36.0 Å². The zero-order valence-corrected chi connectivity index (χ0v) is 20.9. The third kappa shape index (κ3) is 7.98. The summed E-state index contributed by atoms with van der Waals surface area (Å²) < 4.78 is 24.2. The molecule has 0 amide bonds. The normalized spacial score (nSPS) is 10.5. The molecule has 37 heavy (non-hydrogen) atoms. The summed E-state index contributed by atoms with van der Waals surface area (Å²) in [5.41, 5.74) is 3.55. The Kier molecular flexibility index (Phi) is 9.38. The molecule has 0 unspecified atom stereocenters. The summed E-state index contributed by atoms with van der Waals surface area (Å²) in [6.07, 6.45) is 3.08. The van der Waals surface area contributed by atoms with Crippen molar-refractivity contribution in [2.75, 3.05) is 25.6 Å². The lowest BCUT2D eigenvalue weighted by atomic mass is 10.2. The van der Waals surface area contributed by atoms with Crippen molar-refractivity contribution in [1.82, 2.24) is 20.3 Å². The van der Waals surface area contributed by atoms with Crippen LogP contribution in [0.1, 0.15) is 22.5 Å². The van der Waals surface area contributed by atoms with Gasteiger partial charge in [-0.15, -0.1) is 0 Å². The first-order chi connectivity index (χ1) is 18.1. The van der Waals surface area contributed by atoms with E-state index in [2.05, 4.69) is 37.4 Å². The number of hydrogen-bond acceptors (Lipinski definition) is 7. The van der Waals surface area contributed by atoms with Crippen molar-refractivity contribution < 1.29 is 13.9 Å². The van der Waals surface area contributed by atoms with E-state index in [0.717, 1.165) is 12.2 Å². The summed E-state index contributed by atoms with van der Waals surface area (Å²) in [5.74, 6) is 6.88. The molecule has 0 aliphatic heterocycles. The fraction of sp³-hybridized carbons (Fsp3) is 0.179. The summed E-state index contributed by atoms with van der Waals surface area (Å²) >= 11 is 6.42. The summed E-state index contributed by atoms with van der Waals surface area (Å²) in [5, 5.41) is 6.90. The Morgan fingerprint density at radius 2 is 1.95 bits per heavy atom. The Hall–Kier alpha value is -4.03. The maximum Gasteiger partial charge on any atom is 0.149 e. The van der Waals surface area contributed by atoms with Crippen molar-refractivity contribution >= 4 is 23.1 Å². The van der Waals surface area contributed by atoms with Gasteiger partial charge in [-0.3, -0.25) is 0 Å². The molecule has 2 heterocycles. The second kappa shape index (κ2) is 13.3. The zero-order chi connectivity index (χ0) is 25.9. The Morgan fingerprint density at radius 3 is 2.78 bits per heavy atom. The highest BCUT2D eigenvalue weighted by Crippen LogP contribution is 2.30. The van der Waals surface area contributed by atoms with Gasteiger partial charge in [0.25, 0.3) is 0 Å². The van der Waals surface area contributed by atoms with Gasteiger partial charge in [0.2, 0.25) is 0 Å². The summed E-state index contributed by atoms with van der Waals surface area (Å²) in [6.45, 7) is 2.21. The Balaban J connectivity index is 1.42. The van der Waals surface area contributed by atoms with E-state index in [1.54, 1.807) is 37.6 Å². The molecule has 0 bridgehead atoms. The fourth-order valence-electron chi connectivity index (χ4n) is 3.31. The van der Waals surface area contributed by atoms with E-state index in [1.165, 1.54) is 18.5 Å². The van der Waals surface area contributed by atoms with Crippen LogP contribution in [0.3, 0.4) is 0 Å². The van der Waals surface area contributed by atoms with Gasteiger partial charge in [-0.1, -0.05) is 35.7 Å². The van der Waals surface area contributed by atoms with Gasteiger partial charge < -0.3 is 20.1 Å². The van der Waals surface area contributed by atoms with Crippen molar-refractivity contribution in [3.63, 3.8) is 0 Å². The van der Waals surface area contributed by atoms with Crippen LogP contribution < -0.4 is 15.4 Å². The van der Waals surface area contributed by atoms with Crippen LogP contribution >= 0.6 is 11.6 Å². The molecule has 4 aromatic rings. The zero-order valence-electron chi connectivity index (χ0n) is 20.2. The van der Waals surface area contributed by atoms with Gasteiger partial charge in [-0.2, -0.15) is 0 Å². The lowest BCUT2D eigenvalue weighted by Gasteiger charge is -2.11. The molecule has 0 atom stereocenters. The lowest BCUT2D eigenvalue weighted by Crippen LogP contribution is -2.19. The highest BCUT2D eigenvalue weighted by atomic mass is 35.5. The minimum absolute atomic E-state index is 0.203. The van der Waals surface area contributed by atoms with E-state index >= 15 is 0 Å².